The summed E-state index contributed by atoms with van der Waals surface area (Å²) in [5, 5.41) is 9.39. The Bertz CT molecular complexity index is 402. The number of nitrogens with zero attached hydrogens (tertiary/aromatic N) is 1. The number of carboxylic acid groups (broad SMARTS) is 1. The monoisotopic (exact) mass is 265 g/mol. The van der Waals surface area contributed by atoms with Gasteiger partial charge < -0.3 is 9.52 Å². The van der Waals surface area contributed by atoms with Crippen LogP contribution in [0.25, 0.3) is 0 Å². The molecule has 0 aliphatic heterocycles. The van der Waals surface area contributed by atoms with Gasteiger partial charge in [0.25, 0.3) is 0 Å². The number of hydrogen-bond acceptors (Lipinski definition) is 3. The molecule has 1 N–H and O–H groups in total. The Labute approximate surface area is 114 Å². The van der Waals surface area contributed by atoms with E-state index in [1.165, 1.54) is 0 Å². The van der Waals surface area contributed by atoms with Crippen molar-refractivity contribution in [3.8, 4) is 0 Å². The zero-order valence-corrected chi connectivity index (χ0v) is 11.7. The Hall–Kier alpha value is -1.29. The molecule has 19 heavy (non-hydrogen) atoms. The molecule has 0 radical (unpaired) electrons. The van der Waals surface area contributed by atoms with E-state index >= 15 is 0 Å². The summed E-state index contributed by atoms with van der Waals surface area (Å²) in [5.74, 6) is 0.638. The van der Waals surface area contributed by atoms with E-state index < -0.39 is 5.97 Å². The first-order valence-corrected chi connectivity index (χ1v) is 7.07. The van der Waals surface area contributed by atoms with Crippen LogP contribution in [0.3, 0.4) is 0 Å². The highest BCUT2D eigenvalue weighted by Gasteiger charge is 2.36. The lowest BCUT2D eigenvalue weighted by Crippen LogP contribution is -2.45. The third kappa shape index (κ3) is 3.38. The molecule has 1 heterocycles. The zero-order chi connectivity index (χ0) is 13.8. The van der Waals surface area contributed by atoms with Crippen LogP contribution in [-0.2, 0) is 11.3 Å². The summed E-state index contributed by atoms with van der Waals surface area (Å²) in [4.78, 5) is 13.6. The molecule has 4 heteroatoms. The van der Waals surface area contributed by atoms with Crippen LogP contribution in [-0.4, -0.2) is 29.1 Å². The average molecular weight is 265 g/mol. The summed E-state index contributed by atoms with van der Waals surface area (Å²) in [6, 6.07) is 3.92. The Morgan fingerprint density at radius 1 is 1.53 bits per heavy atom. The standard InChI is InChI=1S/C15H23NO3/c1-3-11-6-7-13(15(17)18)14(9-11)16(2)10-12-5-4-8-19-12/h4-5,8,11,13-14H,3,6-7,9-10H2,1-2H3,(H,17,18). The highest BCUT2D eigenvalue weighted by atomic mass is 16.4. The lowest BCUT2D eigenvalue weighted by molar-refractivity contribution is -0.146. The van der Waals surface area contributed by atoms with Crippen LogP contribution < -0.4 is 0 Å². The molecular formula is C15H23NO3. The van der Waals surface area contributed by atoms with Gasteiger partial charge in [0.1, 0.15) is 5.76 Å². The van der Waals surface area contributed by atoms with Crippen LogP contribution in [0.4, 0.5) is 0 Å². The van der Waals surface area contributed by atoms with E-state index in [-0.39, 0.29) is 12.0 Å². The minimum absolute atomic E-state index is 0.112. The van der Waals surface area contributed by atoms with Crippen molar-refractivity contribution in [3.63, 3.8) is 0 Å². The minimum Gasteiger partial charge on any atom is -0.481 e. The molecule has 3 atom stereocenters. The van der Waals surface area contributed by atoms with E-state index in [0.717, 1.165) is 31.4 Å². The largest absolute Gasteiger partial charge is 0.481 e. The molecule has 2 rings (SSSR count). The van der Waals surface area contributed by atoms with Gasteiger partial charge in [0.05, 0.1) is 18.7 Å². The molecule has 0 spiro atoms. The highest BCUT2D eigenvalue weighted by molar-refractivity contribution is 5.71. The van der Waals surface area contributed by atoms with Crippen molar-refractivity contribution in [2.45, 2.75) is 45.2 Å². The van der Waals surface area contributed by atoms with E-state index in [0.29, 0.717) is 12.5 Å². The van der Waals surface area contributed by atoms with E-state index in [1.807, 2.05) is 19.2 Å². The Balaban J connectivity index is 2.05. The van der Waals surface area contributed by atoms with Crippen LogP contribution in [0.2, 0.25) is 0 Å². The van der Waals surface area contributed by atoms with Crippen LogP contribution in [0, 0.1) is 11.8 Å². The fraction of sp³-hybridized carbons (Fsp3) is 0.667. The Morgan fingerprint density at radius 2 is 2.32 bits per heavy atom. The second-order valence-corrected chi connectivity index (χ2v) is 5.59. The van der Waals surface area contributed by atoms with Gasteiger partial charge >= 0.3 is 5.97 Å². The summed E-state index contributed by atoms with van der Waals surface area (Å²) in [6.45, 7) is 2.87. The summed E-state index contributed by atoms with van der Waals surface area (Å²) >= 11 is 0. The van der Waals surface area contributed by atoms with Crippen molar-refractivity contribution in [2.75, 3.05) is 7.05 Å². The molecule has 106 valence electrons. The second kappa shape index (κ2) is 6.24. The quantitative estimate of drug-likeness (QED) is 0.889. The third-order valence-electron chi connectivity index (χ3n) is 4.37. The van der Waals surface area contributed by atoms with Gasteiger partial charge in [-0.05, 0) is 44.4 Å². The molecule has 1 saturated carbocycles. The zero-order valence-electron chi connectivity index (χ0n) is 11.7. The number of furan rings is 1. The molecule has 1 aromatic rings. The number of carbonyl (C=O) groups is 1. The maximum atomic E-state index is 11.4. The minimum atomic E-state index is -0.661. The molecule has 0 aromatic carbocycles. The Kier molecular flexibility index (Phi) is 4.64. The van der Waals surface area contributed by atoms with Crippen LogP contribution in [0.15, 0.2) is 22.8 Å². The van der Waals surface area contributed by atoms with Crippen LogP contribution >= 0.6 is 0 Å². The first-order chi connectivity index (χ1) is 9.11. The fourth-order valence-corrected chi connectivity index (χ4v) is 3.14. The van der Waals surface area contributed by atoms with Gasteiger partial charge in [-0.25, -0.2) is 0 Å². The lowest BCUT2D eigenvalue weighted by Gasteiger charge is -2.39. The number of aliphatic carboxylic acids is 1. The van der Waals surface area contributed by atoms with Gasteiger partial charge in [-0.3, -0.25) is 9.69 Å². The summed E-state index contributed by atoms with van der Waals surface area (Å²) in [7, 11) is 2.00. The van der Waals surface area contributed by atoms with Crippen molar-refractivity contribution in [3.05, 3.63) is 24.2 Å². The number of rotatable bonds is 5. The SMILES string of the molecule is CCC1CCC(C(=O)O)C(N(C)Cc2ccco2)C1. The second-order valence-electron chi connectivity index (χ2n) is 5.59. The first kappa shape index (κ1) is 14.1. The summed E-state index contributed by atoms with van der Waals surface area (Å²) in [6.07, 6.45) is 5.61. The van der Waals surface area contributed by atoms with Crippen molar-refractivity contribution >= 4 is 5.97 Å². The van der Waals surface area contributed by atoms with Gasteiger partial charge in [0.15, 0.2) is 0 Å². The van der Waals surface area contributed by atoms with E-state index in [2.05, 4.69) is 11.8 Å². The lowest BCUT2D eigenvalue weighted by atomic mass is 9.76. The topological polar surface area (TPSA) is 53.7 Å². The molecule has 3 unspecified atom stereocenters. The van der Waals surface area contributed by atoms with Crippen LogP contribution in [0.5, 0.6) is 0 Å². The molecule has 1 aliphatic rings. The van der Waals surface area contributed by atoms with Gasteiger partial charge in [-0.2, -0.15) is 0 Å². The fourth-order valence-electron chi connectivity index (χ4n) is 3.14. The maximum absolute atomic E-state index is 11.4. The summed E-state index contributed by atoms with van der Waals surface area (Å²) < 4.78 is 5.35. The Morgan fingerprint density at radius 3 is 2.89 bits per heavy atom. The highest BCUT2D eigenvalue weighted by Crippen LogP contribution is 2.34. The number of carboxylic acids is 1. The van der Waals surface area contributed by atoms with Gasteiger partial charge in [0.2, 0.25) is 0 Å². The molecule has 1 fully saturated rings. The predicted molar refractivity (Wildman–Crippen MR) is 72.7 cm³/mol. The van der Waals surface area contributed by atoms with E-state index in [4.69, 9.17) is 4.42 Å². The molecule has 0 amide bonds. The normalized spacial score (nSPS) is 27.6. The van der Waals surface area contributed by atoms with E-state index in [1.54, 1.807) is 6.26 Å². The average Bonchev–Trinajstić information content (AvgIpc) is 2.90. The molecular weight excluding hydrogens is 242 g/mol. The molecule has 0 bridgehead atoms. The molecule has 0 saturated heterocycles. The smallest absolute Gasteiger partial charge is 0.308 e. The molecule has 1 aromatic heterocycles. The van der Waals surface area contributed by atoms with Gasteiger partial charge in [-0.15, -0.1) is 0 Å². The van der Waals surface area contributed by atoms with Crippen molar-refractivity contribution in [2.24, 2.45) is 11.8 Å². The van der Waals surface area contributed by atoms with Gasteiger partial charge in [-0.1, -0.05) is 13.3 Å². The van der Waals surface area contributed by atoms with Gasteiger partial charge in [0, 0.05) is 6.04 Å². The van der Waals surface area contributed by atoms with Crippen LogP contribution in [0.1, 0.15) is 38.4 Å². The van der Waals surface area contributed by atoms with E-state index in [9.17, 15) is 9.90 Å². The molecule has 4 nitrogen and oxygen atoms in total. The molecule has 1 aliphatic carbocycles. The van der Waals surface area contributed by atoms with Crippen molar-refractivity contribution < 1.29 is 14.3 Å². The predicted octanol–water partition coefficient (Wildman–Crippen LogP) is 2.99. The van der Waals surface area contributed by atoms with Crippen molar-refractivity contribution in [1.82, 2.24) is 4.90 Å². The number of hydrogen-bond donors (Lipinski definition) is 1. The first-order valence-electron chi connectivity index (χ1n) is 7.07. The van der Waals surface area contributed by atoms with Crippen molar-refractivity contribution in [1.29, 1.82) is 0 Å². The maximum Gasteiger partial charge on any atom is 0.308 e. The summed E-state index contributed by atoms with van der Waals surface area (Å²) in [5.41, 5.74) is 0. The third-order valence-corrected chi connectivity index (χ3v) is 4.37.